The second-order valence-electron chi connectivity index (χ2n) is 7.99. The molecule has 0 unspecified atom stereocenters. The fourth-order valence-corrected chi connectivity index (χ4v) is 4.40. The van der Waals surface area contributed by atoms with Crippen LogP contribution in [0.5, 0.6) is 0 Å². The Morgan fingerprint density at radius 1 is 1.15 bits per heavy atom. The number of rotatable bonds is 8. The van der Waals surface area contributed by atoms with E-state index in [1.54, 1.807) is 24.0 Å². The number of hydrogen-bond donors (Lipinski definition) is 0. The smallest absolute Gasteiger partial charge is 0.321 e. The van der Waals surface area contributed by atoms with E-state index >= 15 is 0 Å². The number of benzene rings is 2. The van der Waals surface area contributed by atoms with Crippen molar-refractivity contribution in [2.45, 2.75) is 39.2 Å². The Morgan fingerprint density at radius 2 is 1.94 bits per heavy atom. The molecule has 0 bridgehead atoms. The topological polar surface area (TPSA) is 108 Å². The minimum atomic E-state index is -1.18. The van der Waals surface area contributed by atoms with Crippen molar-refractivity contribution in [3.63, 3.8) is 0 Å². The van der Waals surface area contributed by atoms with Crippen LogP contribution in [0, 0.1) is 16.0 Å². The number of carbonyl (C=O) groups is 2. The SMILES string of the molecule is CCCCCN1C(=O)[C@@H](C(=O)OCC)[C@@H](c2cccc([N+](=O)[O-])c2)n2c1nc1ccccc12. The Bertz CT molecular complexity index is 1200. The van der Waals surface area contributed by atoms with Crippen molar-refractivity contribution < 1.29 is 19.2 Å². The Balaban J connectivity index is 1.96. The lowest BCUT2D eigenvalue weighted by Crippen LogP contribution is -2.50. The first-order valence-corrected chi connectivity index (χ1v) is 11.2. The van der Waals surface area contributed by atoms with Crippen LogP contribution in [0.15, 0.2) is 48.5 Å². The van der Waals surface area contributed by atoms with Crippen LogP contribution in [0.25, 0.3) is 11.0 Å². The second-order valence-corrected chi connectivity index (χ2v) is 7.99. The maximum Gasteiger partial charge on any atom is 0.321 e. The molecule has 9 heteroatoms. The van der Waals surface area contributed by atoms with Gasteiger partial charge in [-0.15, -0.1) is 0 Å². The molecule has 9 nitrogen and oxygen atoms in total. The van der Waals surface area contributed by atoms with Gasteiger partial charge >= 0.3 is 5.97 Å². The van der Waals surface area contributed by atoms with Crippen LogP contribution < -0.4 is 4.90 Å². The van der Waals surface area contributed by atoms with E-state index in [-0.39, 0.29) is 12.3 Å². The molecule has 33 heavy (non-hydrogen) atoms. The first-order valence-electron chi connectivity index (χ1n) is 11.2. The van der Waals surface area contributed by atoms with Gasteiger partial charge in [0.15, 0.2) is 5.92 Å². The van der Waals surface area contributed by atoms with Gasteiger partial charge in [-0.2, -0.15) is 0 Å². The molecule has 1 amide bonds. The number of para-hydroxylation sites is 2. The molecule has 0 saturated carbocycles. The van der Waals surface area contributed by atoms with E-state index in [2.05, 4.69) is 6.92 Å². The van der Waals surface area contributed by atoms with Gasteiger partial charge in [0, 0.05) is 18.7 Å². The number of esters is 1. The van der Waals surface area contributed by atoms with Crippen LogP contribution in [-0.2, 0) is 14.3 Å². The number of fused-ring (bicyclic) bond motifs is 3. The summed E-state index contributed by atoms with van der Waals surface area (Å²) in [5.74, 6) is -1.79. The zero-order valence-corrected chi connectivity index (χ0v) is 18.6. The molecular weight excluding hydrogens is 424 g/mol. The summed E-state index contributed by atoms with van der Waals surface area (Å²) in [5, 5.41) is 11.4. The zero-order valence-electron chi connectivity index (χ0n) is 18.6. The zero-order chi connectivity index (χ0) is 23.5. The monoisotopic (exact) mass is 450 g/mol. The number of carbonyl (C=O) groups excluding carboxylic acids is 2. The number of amides is 1. The van der Waals surface area contributed by atoms with Crippen LogP contribution in [0.1, 0.15) is 44.7 Å². The van der Waals surface area contributed by atoms with Gasteiger partial charge in [-0.1, -0.05) is 44.0 Å². The Morgan fingerprint density at radius 3 is 2.67 bits per heavy atom. The molecule has 1 aliphatic heterocycles. The summed E-state index contributed by atoms with van der Waals surface area (Å²) in [4.78, 5) is 44.1. The molecule has 0 N–H and O–H groups in total. The van der Waals surface area contributed by atoms with Gasteiger partial charge in [0.25, 0.3) is 5.69 Å². The number of nitrogens with zero attached hydrogens (tertiary/aromatic N) is 4. The molecule has 0 fully saturated rings. The molecule has 172 valence electrons. The molecule has 0 aliphatic carbocycles. The second kappa shape index (κ2) is 9.40. The molecule has 2 aromatic carbocycles. The normalized spacial score (nSPS) is 17.8. The molecule has 0 radical (unpaired) electrons. The fraction of sp³-hybridized carbons (Fsp3) is 0.375. The van der Waals surface area contributed by atoms with Gasteiger partial charge in [-0.25, -0.2) is 4.98 Å². The number of nitro benzene ring substituents is 1. The van der Waals surface area contributed by atoms with E-state index in [4.69, 9.17) is 9.72 Å². The standard InChI is InChI=1S/C24H26N4O5/c1-3-5-8-14-26-22(29)20(23(30)33-4-2)21(16-10-9-11-17(15-16)28(31)32)27-19-13-7-6-12-18(19)25-24(26)27/h6-7,9-13,15,20-21H,3-5,8,14H2,1-2H3/t20-,21+/m0/s1. The van der Waals surface area contributed by atoms with Gasteiger partial charge in [0.1, 0.15) is 0 Å². The summed E-state index contributed by atoms with van der Waals surface area (Å²) in [6.45, 7) is 4.31. The number of anilines is 1. The first kappa shape index (κ1) is 22.4. The molecule has 1 aliphatic rings. The van der Waals surface area contributed by atoms with Gasteiger partial charge < -0.3 is 9.30 Å². The van der Waals surface area contributed by atoms with Crippen molar-refractivity contribution in [1.82, 2.24) is 9.55 Å². The summed E-state index contributed by atoms with van der Waals surface area (Å²) in [6.07, 6.45) is 2.68. The summed E-state index contributed by atoms with van der Waals surface area (Å²) < 4.78 is 7.16. The predicted molar refractivity (Wildman–Crippen MR) is 123 cm³/mol. The number of ether oxygens (including phenoxy) is 1. The minimum absolute atomic E-state index is 0.112. The summed E-state index contributed by atoms with van der Waals surface area (Å²) >= 11 is 0. The lowest BCUT2D eigenvalue weighted by Gasteiger charge is -2.37. The number of imidazole rings is 1. The molecule has 4 rings (SSSR count). The van der Waals surface area contributed by atoms with Gasteiger partial charge in [0.05, 0.1) is 28.6 Å². The van der Waals surface area contributed by atoms with Crippen molar-refractivity contribution in [1.29, 1.82) is 0 Å². The lowest BCUT2D eigenvalue weighted by molar-refractivity contribution is -0.384. The molecule has 1 aromatic heterocycles. The third kappa shape index (κ3) is 4.06. The van der Waals surface area contributed by atoms with E-state index in [9.17, 15) is 19.7 Å². The molecular formula is C24H26N4O5. The van der Waals surface area contributed by atoms with Crippen LogP contribution in [0.4, 0.5) is 11.6 Å². The summed E-state index contributed by atoms with van der Waals surface area (Å²) in [7, 11) is 0. The number of non-ortho nitro benzene ring substituents is 1. The van der Waals surface area contributed by atoms with Crippen LogP contribution >= 0.6 is 0 Å². The Labute approximate surface area is 191 Å². The molecule has 0 spiro atoms. The molecule has 2 atom stereocenters. The molecule has 2 heterocycles. The van der Waals surface area contributed by atoms with E-state index in [0.717, 1.165) is 24.8 Å². The van der Waals surface area contributed by atoms with Crippen molar-refractivity contribution >= 4 is 34.5 Å². The van der Waals surface area contributed by atoms with Crippen LogP contribution in [-0.4, -0.2) is 39.5 Å². The van der Waals surface area contributed by atoms with E-state index in [1.165, 1.54) is 12.1 Å². The highest BCUT2D eigenvalue weighted by Gasteiger charge is 2.47. The molecule has 3 aromatic rings. The maximum absolute atomic E-state index is 13.7. The fourth-order valence-electron chi connectivity index (χ4n) is 4.40. The van der Waals surface area contributed by atoms with Gasteiger partial charge in [-0.05, 0) is 31.0 Å². The number of unbranched alkanes of at least 4 members (excludes halogenated alkanes) is 2. The predicted octanol–water partition coefficient (Wildman–Crippen LogP) is 4.25. The number of hydrogen-bond acceptors (Lipinski definition) is 6. The number of nitro groups is 1. The average Bonchev–Trinajstić information content (AvgIpc) is 3.19. The average molecular weight is 450 g/mol. The van der Waals surface area contributed by atoms with Crippen LogP contribution in [0.3, 0.4) is 0 Å². The highest BCUT2D eigenvalue weighted by Crippen LogP contribution is 2.42. The van der Waals surface area contributed by atoms with Crippen molar-refractivity contribution in [3.8, 4) is 0 Å². The van der Waals surface area contributed by atoms with Gasteiger partial charge in [0.2, 0.25) is 11.9 Å². The van der Waals surface area contributed by atoms with E-state index < -0.39 is 28.8 Å². The summed E-state index contributed by atoms with van der Waals surface area (Å²) in [5.41, 5.74) is 1.79. The third-order valence-electron chi connectivity index (χ3n) is 5.89. The lowest BCUT2D eigenvalue weighted by atomic mass is 9.89. The van der Waals surface area contributed by atoms with Crippen LogP contribution in [0.2, 0.25) is 0 Å². The summed E-state index contributed by atoms with van der Waals surface area (Å²) in [6, 6.07) is 12.7. The highest BCUT2D eigenvalue weighted by molar-refractivity contribution is 6.08. The molecule has 0 saturated heterocycles. The van der Waals surface area contributed by atoms with Crippen molar-refractivity contribution in [2.24, 2.45) is 5.92 Å². The minimum Gasteiger partial charge on any atom is -0.465 e. The van der Waals surface area contributed by atoms with Gasteiger partial charge in [-0.3, -0.25) is 24.6 Å². The first-order chi connectivity index (χ1) is 16.0. The third-order valence-corrected chi connectivity index (χ3v) is 5.89. The van der Waals surface area contributed by atoms with Crippen molar-refractivity contribution in [2.75, 3.05) is 18.1 Å². The quantitative estimate of drug-likeness (QED) is 0.167. The Hall–Kier alpha value is -3.75. The number of aromatic nitrogens is 2. The Kier molecular flexibility index (Phi) is 6.39. The maximum atomic E-state index is 13.7. The highest BCUT2D eigenvalue weighted by atomic mass is 16.6. The van der Waals surface area contributed by atoms with E-state index in [1.807, 2.05) is 28.8 Å². The van der Waals surface area contributed by atoms with E-state index in [0.29, 0.717) is 23.6 Å². The van der Waals surface area contributed by atoms with Crippen molar-refractivity contribution in [3.05, 3.63) is 64.2 Å². The largest absolute Gasteiger partial charge is 0.465 e.